The number of hydrogen-bond acceptors (Lipinski definition) is 2. The first-order valence-corrected chi connectivity index (χ1v) is 5.74. The number of aromatic hydroxyl groups is 1. The summed E-state index contributed by atoms with van der Waals surface area (Å²) in [6, 6.07) is 14.0. The number of aliphatic hydroxyl groups is 1. The van der Waals surface area contributed by atoms with Gasteiger partial charge in [0.25, 0.3) is 0 Å². The number of aliphatic hydroxyl groups excluding tert-OH is 1. The van der Waals surface area contributed by atoms with Gasteiger partial charge in [-0.25, -0.2) is 0 Å². The highest BCUT2D eigenvalue weighted by Gasteiger charge is 2.08. The summed E-state index contributed by atoms with van der Waals surface area (Å²) in [5, 5.41) is 19.8. The molecule has 2 aromatic carbocycles. The van der Waals surface area contributed by atoms with E-state index in [1.165, 1.54) is 0 Å². The summed E-state index contributed by atoms with van der Waals surface area (Å²) in [5.41, 5.74) is 1.76. The lowest BCUT2D eigenvalue weighted by Gasteiger charge is -2.11. The summed E-state index contributed by atoms with van der Waals surface area (Å²) >= 11 is 5.87. The van der Waals surface area contributed by atoms with Crippen LogP contribution >= 0.6 is 11.6 Å². The monoisotopic (exact) mass is 248 g/mol. The molecule has 0 aromatic heterocycles. The van der Waals surface area contributed by atoms with Gasteiger partial charge in [0.2, 0.25) is 0 Å². The van der Waals surface area contributed by atoms with Gasteiger partial charge in [-0.2, -0.15) is 0 Å². The summed E-state index contributed by atoms with van der Waals surface area (Å²) < 4.78 is 0. The Morgan fingerprint density at radius 3 is 2.41 bits per heavy atom. The second-order valence-corrected chi connectivity index (χ2v) is 4.38. The first-order valence-electron chi connectivity index (χ1n) is 5.36. The maximum atomic E-state index is 10.0. The van der Waals surface area contributed by atoms with Gasteiger partial charge in [-0.1, -0.05) is 35.9 Å². The molecule has 0 aliphatic rings. The SMILES string of the molecule is Oc1ccc(CC(O)c2cccc(Cl)c2)cc1. The lowest BCUT2D eigenvalue weighted by Crippen LogP contribution is -2.01. The fourth-order valence-electron chi connectivity index (χ4n) is 1.69. The van der Waals surface area contributed by atoms with Crippen molar-refractivity contribution in [3.05, 3.63) is 64.7 Å². The Bertz CT molecular complexity index is 494. The van der Waals surface area contributed by atoms with Crippen LogP contribution in [0, 0.1) is 0 Å². The van der Waals surface area contributed by atoms with Crippen molar-refractivity contribution in [3.8, 4) is 5.75 Å². The zero-order chi connectivity index (χ0) is 12.3. The van der Waals surface area contributed by atoms with Gasteiger partial charge in [-0.05, 0) is 35.4 Å². The summed E-state index contributed by atoms with van der Waals surface area (Å²) in [5.74, 6) is 0.228. The molecule has 0 spiro atoms. The second-order valence-electron chi connectivity index (χ2n) is 3.94. The van der Waals surface area contributed by atoms with Gasteiger partial charge >= 0.3 is 0 Å². The van der Waals surface area contributed by atoms with Crippen molar-refractivity contribution in [2.24, 2.45) is 0 Å². The Morgan fingerprint density at radius 2 is 1.76 bits per heavy atom. The highest BCUT2D eigenvalue weighted by atomic mass is 35.5. The summed E-state index contributed by atoms with van der Waals surface area (Å²) in [4.78, 5) is 0. The molecule has 2 aromatic rings. The Kier molecular flexibility index (Phi) is 3.67. The number of hydrogen-bond donors (Lipinski definition) is 2. The molecule has 0 aliphatic heterocycles. The molecule has 0 fully saturated rings. The van der Waals surface area contributed by atoms with E-state index in [1.807, 2.05) is 12.1 Å². The smallest absolute Gasteiger partial charge is 0.115 e. The van der Waals surface area contributed by atoms with E-state index in [-0.39, 0.29) is 5.75 Å². The molecular weight excluding hydrogens is 236 g/mol. The number of phenolic OH excluding ortho intramolecular Hbond substituents is 1. The number of rotatable bonds is 3. The van der Waals surface area contributed by atoms with E-state index in [9.17, 15) is 5.11 Å². The molecule has 0 bridgehead atoms. The van der Waals surface area contributed by atoms with Crippen molar-refractivity contribution < 1.29 is 10.2 Å². The highest BCUT2D eigenvalue weighted by molar-refractivity contribution is 6.30. The maximum absolute atomic E-state index is 10.0. The number of phenols is 1. The minimum atomic E-state index is -0.585. The van der Waals surface area contributed by atoms with Gasteiger partial charge in [0, 0.05) is 11.4 Å². The topological polar surface area (TPSA) is 40.5 Å². The van der Waals surface area contributed by atoms with Crippen LogP contribution in [0.2, 0.25) is 5.02 Å². The van der Waals surface area contributed by atoms with Gasteiger partial charge in [0.1, 0.15) is 5.75 Å². The summed E-state index contributed by atoms with van der Waals surface area (Å²) in [6.45, 7) is 0. The Hall–Kier alpha value is -1.51. The van der Waals surface area contributed by atoms with Crippen LogP contribution in [-0.2, 0) is 6.42 Å². The van der Waals surface area contributed by atoms with Crippen LogP contribution in [0.25, 0.3) is 0 Å². The normalized spacial score (nSPS) is 12.4. The Labute approximate surface area is 105 Å². The maximum Gasteiger partial charge on any atom is 0.115 e. The predicted molar refractivity (Wildman–Crippen MR) is 68.2 cm³/mol. The third-order valence-corrected chi connectivity index (χ3v) is 2.83. The van der Waals surface area contributed by atoms with Crippen molar-refractivity contribution in [3.63, 3.8) is 0 Å². The highest BCUT2D eigenvalue weighted by Crippen LogP contribution is 2.22. The zero-order valence-corrected chi connectivity index (χ0v) is 9.93. The molecule has 1 unspecified atom stereocenters. The van der Waals surface area contributed by atoms with Crippen molar-refractivity contribution in [1.82, 2.24) is 0 Å². The van der Waals surface area contributed by atoms with E-state index in [4.69, 9.17) is 16.7 Å². The minimum absolute atomic E-state index is 0.228. The lowest BCUT2D eigenvalue weighted by atomic mass is 10.0. The lowest BCUT2D eigenvalue weighted by molar-refractivity contribution is 0.178. The number of halogens is 1. The molecule has 0 heterocycles. The molecule has 2 rings (SSSR count). The molecule has 3 heteroatoms. The molecule has 0 radical (unpaired) electrons. The van der Waals surface area contributed by atoms with E-state index in [0.717, 1.165) is 11.1 Å². The van der Waals surface area contributed by atoms with Crippen molar-refractivity contribution in [2.45, 2.75) is 12.5 Å². The standard InChI is InChI=1S/C14H13ClO2/c15-12-3-1-2-11(9-12)14(17)8-10-4-6-13(16)7-5-10/h1-7,9,14,16-17H,8H2. The van der Waals surface area contributed by atoms with Crippen LogP contribution in [0.3, 0.4) is 0 Å². The average molecular weight is 249 g/mol. The second kappa shape index (κ2) is 5.21. The largest absolute Gasteiger partial charge is 0.508 e. The van der Waals surface area contributed by atoms with Gasteiger partial charge in [-0.3, -0.25) is 0 Å². The van der Waals surface area contributed by atoms with Crippen LogP contribution in [0.15, 0.2) is 48.5 Å². The molecule has 1 atom stereocenters. The van der Waals surface area contributed by atoms with E-state index in [1.54, 1.807) is 36.4 Å². The molecule has 0 amide bonds. The number of benzene rings is 2. The fourth-order valence-corrected chi connectivity index (χ4v) is 1.89. The molecule has 0 aliphatic carbocycles. The first-order chi connectivity index (χ1) is 8.15. The van der Waals surface area contributed by atoms with E-state index in [0.29, 0.717) is 11.4 Å². The average Bonchev–Trinajstić information content (AvgIpc) is 2.32. The van der Waals surface area contributed by atoms with E-state index < -0.39 is 6.10 Å². The predicted octanol–water partition coefficient (Wildman–Crippen LogP) is 3.32. The van der Waals surface area contributed by atoms with Crippen LogP contribution < -0.4 is 0 Å². The first kappa shape index (κ1) is 12.0. The van der Waals surface area contributed by atoms with Gasteiger partial charge in [0.05, 0.1) is 6.10 Å². The van der Waals surface area contributed by atoms with Crippen LogP contribution in [0.5, 0.6) is 5.75 Å². The molecular formula is C14H13ClO2. The summed E-state index contributed by atoms with van der Waals surface area (Å²) in [6.07, 6.45) is -0.0843. The third-order valence-electron chi connectivity index (χ3n) is 2.60. The quantitative estimate of drug-likeness (QED) is 0.875. The molecule has 17 heavy (non-hydrogen) atoms. The van der Waals surface area contributed by atoms with Gasteiger partial charge in [0.15, 0.2) is 0 Å². The zero-order valence-electron chi connectivity index (χ0n) is 9.18. The van der Waals surface area contributed by atoms with E-state index in [2.05, 4.69) is 0 Å². The third kappa shape index (κ3) is 3.22. The molecule has 2 nitrogen and oxygen atoms in total. The molecule has 88 valence electrons. The fraction of sp³-hybridized carbons (Fsp3) is 0.143. The van der Waals surface area contributed by atoms with Gasteiger partial charge < -0.3 is 10.2 Å². The van der Waals surface area contributed by atoms with Crippen LogP contribution in [0.4, 0.5) is 0 Å². The van der Waals surface area contributed by atoms with Crippen molar-refractivity contribution in [2.75, 3.05) is 0 Å². The Morgan fingerprint density at radius 1 is 1.06 bits per heavy atom. The van der Waals surface area contributed by atoms with Gasteiger partial charge in [-0.15, -0.1) is 0 Å². The van der Waals surface area contributed by atoms with E-state index >= 15 is 0 Å². The molecule has 2 N–H and O–H groups in total. The van der Waals surface area contributed by atoms with Crippen LogP contribution in [-0.4, -0.2) is 10.2 Å². The van der Waals surface area contributed by atoms with Crippen molar-refractivity contribution in [1.29, 1.82) is 0 Å². The summed E-state index contributed by atoms with van der Waals surface area (Å²) in [7, 11) is 0. The minimum Gasteiger partial charge on any atom is -0.508 e. The Balaban J connectivity index is 2.11. The molecule has 0 saturated carbocycles. The van der Waals surface area contributed by atoms with Crippen molar-refractivity contribution >= 4 is 11.6 Å². The molecule has 0 saturated heterocycles. The van der Waals surface area contributed by atoms with Crippen LogP contribution in [0.1, 0.15) is 17.2 Å².